The first-order valence-corrected chi connectivity index (χ1v) is 28.5. The lowest BCUT2D eigenvalue weighted by molar-refractivity contribution is -0.279. The van der Waals surface area contributed by atoms with E-state index in [1.54, 1.807) is 25.8 Å². The van der Waals surface area contributed by atoms with Gasteiger partial charge in [0.05, 0.1) is 60.5 Å². The minimum atomic E-state index is -4.29. The molecule has 450 valence electrons. The number of aromatic nitrogens is 2. The summed E-state index contributed by atoms with van der Waals surface area (Å²) in [6.45, 7) is 13.0. The Hall–Kier alpha value is -6.31. The van der Waals surface area contributed by atoms with Crippen LogP contribution in [0.15, 0.2) is 94.6 Å². The Morgan fingerprint density at radius 1 is 0.720 bits per heavy atom. The fraction of sp³-hybridized carbons (Fsp3) is 0.544. The van der Waals surface area contributed by atoms with Crippen molar-refractivity contribution < 1.29 is 84.9 Å². The van der Waals surface area contributed by atoms with Crippen LogP contribution in [0.1, 0.15) is 90.3 Å². The Morgan fingerprint density at radius 3 is 1.80 bits per heavy atom. The number of aromatic amines is 1. The first-order chi connectivity index (χ1) is 39.1. The smallest absolute Gasteiger partial charge is 0.409 e. The van der Waals surface area contributed by atoms with Crippen molar-refractivity contribution in [3.8, 4) is 11.5 Å². The van der Waals surface area contributed by atoms with Crippen LogP contribution in [0.3, 0.4) is 0 Å². The SMILES string of the molecule is COc1ccc(C(OC[C@H]2O[C@@H](n3cc(C)c(=O)[nH]c3=O)CC2OP(=O)(OCCOCCOCCO[C@@H]2O[C@H](COC(C)=O)[C@H](OC(C)=O)[C@H](OC(C)=O)[C@@H]2NC(C)=O)N(C(C)C)C(C)C)(c2ccccc2)c2ccc(OC)cc2)cc1. The molecular weight excluding hydrogens is 1090 g/mol. The second-order valence-electron chi connectivity index (χ2n) is 20.0. The molecule has 0 spiro atoms. The van der Waals surface area contributed by atoms with E-state index in [4.69, 9.17) is 61.2 Å². The van der Waals surface area contributed by atoms with E-state index in [2.05, 4.69) is 10.3 Å². The monoisotopic (exact) mass is 1170 g/mol. The highest BCUT2D eigenvalue weighted by molar-refractivity contribution is 7.51. The van der Waals surface area contributed by atoms with Gasteiger partial charge in [0.2, 0.25) is 5.91 Å². The molecule has 0 radical (unpaired) electrons. The molecule has 0 aliphatic carbocycles. The van der Waals surface area contributed by atoms with E-state index in [1.165, 1.54) is 24.6 Å². The number of nitrogens with zero attached hydrogens (tertiary/aromatic N) is 2. The summed E-state index contributed by atoms with van der Waals surface area (Å²) in [5.41, 5.74) is -0.0182. The van der Waals surface area contributed by atoms with Crippen molar-refractivity contribution in [2.24, 2.45) is 0 Å². The molecule has 0 saturated carbocycles. The highest BCUT2D eigenvalue weighted by Crippen LogP contribution is 2.57. The van der Waals surface area contributed by atoms with Crippen LogP contribution in [0.25, 0.3) is 0 Å². The Labute approximate surface area is 476 Å². The average Bonchev–Trinajstić information content (AvgIpc) is 2.63. The number of carbonyl (C=O) groups excluding carboxylic acids is 4. The molecule has 82 heavy (non-hydrogen) atoms. The van der Waals surface area contributed by atoms with Crippen molar-refractivity contribution in [2.75, 3.05) is 67.1 Å². The predicted octanol–water partition coefficient (Wildman–Crippen LogP) is 5.49. The van der Waals surface area contributed by atoms with Crippen LogP contribution >= 0.6 is 7.75 Å². The maximum absolute atomic E-state index is 15.6. The third-order valence-electron chi connectivity index (χ3n) is 13.3. The van der Waals surface area contributed by atoms with Crippen molar-refractivity contribution in [3.63, 3.8) is 0 Å². The van der Waals surface area contributed by atoms with Crippen LogP contribution < -0.4 is 26.0 Å². The number of ether oxygens (including phenoxy) is 11. The molecule has 2 aliphatic rings. The Balaban J connectivity index is 1.17. The first kappa shape index (κ1) is 64.9. The lowest BCUT2D eigenvalue weighted by Gasteiger charge is -2.44. The van der Waals surface area contributed by atoms with E-state index in [-0.39, 0.29) is 76.9 Å². The van der Waals surface area contributed by atoms with E-state index in [0.717, 1.165) is 30.5 Å². The number of benzene rings is 3. The van der Waals surface area contributed by atoms with E-state index in [0.29, 0.717) is 11.5 Å². The van der Waals surface area contributed by atoms with Gasteiger partial charge < -0.3 is 57.4 Å². The van der Waals surface area contributed by atoms with Crippen molar-refractivity contribution in [1.29, 1.82) is 0 Å². The largest absolute Gasteiger partial charge is 0.497 e. The number of nitrogens with one attached hydrogen (secondary N) is 2. The number of amides is 1. The van der Waals surface area contributed by atoms with Gasteiger partial charge in [0.1, 0.15) is 54.3 Å². The van der Waals surface area contributed by atoms with E-state index in [9.17, 15) is 28.8 Å². The fourth-order valence-electron chi connectivity index (χ4n) is 9.89. The summed E-state index contributed by atoms with van der Waals surface area (Å²) in [7, 11) is -1.12. The highest BCUT2D eigenvalue weighted by atomic mass is 31.2. The van der Waals surface area contributed by atoms with Crippen LogP contribution in [0.4, 0.5) is 0 Å². The molecule has 3 heterocycles. The van der Waals surface area contributed by atoms with Crippen LogP contribution in [0, 0.1) is 6.92 Å². The summed E-state index contributed by atoms with van der Waals surface area (Å²) in [5, 5.41) is 2.64. The normalized spacial score (nSPS) is 21.7. The van der Waals surface area contributed by atoms with Crippen molar-refractivity contribution in [3.05, 3.63) is 128 Å². The van der Waals surface area contributed by atoms with Gasteiger partial charge >= 0.3 is 31.3 Å². The van der Waals surface area contributed by atoms with Gasteiger partial charge in [0, 0.05) is 58.0 Å². The number of hydrogen-bond donors (Lipinski definition) is 2. The summed E-state index contributed by atoms with van der Waals surface area (Å²) in [4.78, 5) is 76.7. The molecular formula is C57H77N4O20P. The van der Waals surface area contributed by atoms with Crippen LogP contribution in [0.2, 0.25) is 0 Å². The second kappa shape index (κ2) is 30.3. The number of aryl methyl sites for hydroxylation is 1. The molecule has 0 bridgehead atoms. The summed E-state index contributed by atoms with van der Waals surface area (Å²) >= 11 is 0. The zero-order chi connectivity index (χ0) is 59.7. The fourth-order valence-corrected chi connectivity index (χ4v) is 12.2. The minimum absolute atomic E-state index is 0.000259. The topological polar surface area (TPSA) is 275 Å². The van der Waals surface area contributed by atoms with E-state index in [1.807, 2.05) is 107 Å². The zero-order valence-corrected chi connectivity index (χ0v) is 49.1. The molecule has 2 aliphatic heterocycles. The molecule has 2 fully saturated rings. The van der Waals surface area contributed by atoms with Gasteiger partial charge in [0.25, 0.3) is 5.56 Å². The maximum atomic E-state index is 15.6. The Kier molecular flexibility index (Phi) is 24.0. The van der Waals surface area contributed by atoms with E-state index < -0.39 is 97.5 Å². The van der Waals surface area contributed by atoms with Gasteiger partial charge in [-0.3, -0.25) is 42.6 Å². The lowest BCUT2D eigenvalue weighted by Crippen LogP contribution is -2.66. The van der Waals surface area contributed by atoms with Crippen LogP contribution in [0.5, 0.6) is 11.5 Å². The zero-order valence-electron chi connectivity index (χ0n) is 48.2. The van der Waals surface area contributed by atoms with Crippen molar-refractivity contribution >= 4 is 31.6 Å². The molecule has 3 aromatic carbocycles. The third kappa shape index (κ3) is 16.9. The molecule has 2 N–H and O–H groups in total. The van der Waals surface area contributed by atoms with Gasteiger partial charge in [0.15, 0.2) is 18.5 Å². The molecule has 25 heteroatoms. The molecule has 1 amide bonds. The number of esters is 3. The quantitative estimate of drug-likeness (QED) is 0.0215. The van der Waals surface area contributed by atoms with Gasteiger partial charge in [-0.15, -0.1) is 0 Å². The van der Waals surface area contributed by atoms with Gasteiger partial charge in [-0.2, -0.15) is 0 Å². The maximum Gasteiger partial charge on any atom is 0.409 e. The lowest BCUT2D eigenvalue weighted by atomic mass is 9.80. The molecule has 9 atom stereocenters. The number of carbonyl (C=O) groups is 4. The van der Waals surface area contributed by atoms with E-state index >= 15 is 4.57 Å². The van der Waals surface area contributed by atoms with Crippen molar-refractivity contribution in [2.45, 2.75) is 135 Å². The molecule has 6 rings (SSSR count). The average molecular weight is 1170 g/mol. The Bertz CT molecular complexity index is 2830. The van der Waals surface area contributed by atoms with Gasteiger partial charge in [-0.1, -0.05) is 54.6 Å². The van der Waals surface area contributed by atoms with Crippen molar-refractivity contribution in [1.82, 2.24) is 19.5 Å². The molecule has 1 aromatic heterocycles. The number of methoxy groups -OCH3 is 2. The number of H-pyrrole nitrogens is 1. The summed E-state index contributed by atoms with van der Waals surface area (Å²) in [5.74, 6) is -1.38. The molecule has 2 saturated heterocycles. The minimum Gasteiger partial charge on any atom is -0.497 e. The second-order valence-corrected chi connectivity index (χ2v) is 21.9. The Morgan fingerprint density at radius 2 is 1.27 bits per heavy atom. The number of rotatable bonds is 30. The molecule has 4 aromatic rings. The first-order valence-electron chi connectivity index (χ1n) is 27.0. The van der Waals surface area contributed by atoms with Gasteiger partial charge in [-0.05, 0) is 75.6 Å². The van der Waals surface area contributed by atoms with Crippen LogP contribution in [-0.4, -0.2) is 160 Å². The number of hydrogen-bond acceptors (Lipinski definition) is 20. The standard InChI is InChI=1S/C57H77N4O20P/c1-35(2)61(36(3)4)82(68,76-30-28-72-26-25-71-27-29-73-55-51(58-38(6)62)53(78-41(9)65)52(77-40(8)64)49(80-55)33-74-39(7)63)81-47-31-50(60-32-37(5)54(66)59-56(60)67)79-48(47)34-75-57(42-15-13-12-14-16-42,43-17-21-45(69-10)22-18-43)44-19-23-46(70-11)24-20-44/h12-24,32,35-36,47-53,55H,25-31,33-34H2,1-11H3,(H,58,62)(H,59,66,67)/t47?,48-,49-,50-,51+,52+,53-,55-,82?/m1/s1. The predicted molar refractivity (Wildman–Crippen MR) is 295 cm³/mol. The highest BCUT2D eigenvalue weighted by Gasteiger charge is 2.52. The third-order valence-corrected chi connectivity index (χ3v) is 15.9. The summed E-state index contributed by atoms with van der Waals surface area (Å²) in [6, 6.07) is 22.8. The summed E-state index contributed by atoms with van der Waals surface area (Å²) in [6.07, 6.45) is -6.58. The summed E-state index contributed by atoms with van der Waals surface area (Å²) < 4.78 is 96.3. The van der Waals surface area contributed by atoms with Crippen LogP contribution in [-0.2, 0) is 81.0 Å². The molecule has 2 unspecified atom stereocenters. The molecule has 24 nitrogen and oxygen atoms in total. The van der Waals surface area contributed by atoms with Gasteiger partial charge in [-0.25, -0.2) is 14.0 Å².